The molecule has 0 saturated carbocycles. The standard InChI is InChI=1S/C21H14F3N3O3S/c1-29-16-7-2-4-12-10-15(18(28)27-20-25-8-9-31-20)19(30-17(12)16)26-14-6-3-5-13(11-14)21(22,23)24/h2-11H,1H3,(H,25,27,28). The molecule has 0 aliphatic carbocycles. The second kappa shape index (κ2) is 8.23. The SMILES string of the molecule is COc1cccc2cc(C(=O)Nc3nccs3)c(=Nc3cccc(C(F)(F)F)c3)oc12. The van der Waals surface area contributed by atoms with Crippen LogP contribution >= 0.6 is 11.3 Å². The van der Waals surface area contributed by atoms with Crippen molar-refractivity contribution < 1.29 is 27.1 Å². The van der Waals surface area contributed by atoms with Crippen LogP contribution in [0.5, 0.6) is 5.75 Å². The molecule has 0 radical (unpaired) electrons. The van der Waals surface area contributed by atoms with Crippen LogP contribution in [0.3, 0.4) is 0 Å². The van der Waals surface area contributed by atoms with Gasteiger partial charge >= 0.3 is 6.18 Å². The molecule has 1 amide bonds. The Kier molecular flexibility index (Phi) is 5.47. The number of hydrogen-bond acceptors (Lipinski definition) is 6. The highest BCUT2D eigenvalue weighted by molar-refractivity contribution is 7.13. The zero-order valence-corrected chi connectivity index (χ0v) is 16.8. The lowest BCUT2D eigenvalue weighted by Crippen LogP contribution is -2.21. The van der Waals surface area contributed by atoms with Crippen LogP contribution in [0.4, 0.5) is 24.0 Å². The van der Waals surface area contributed by atoms with Gasteiger partial charge in [0, 0.05) is 17.0 Å². The minimum atomic E-state index is -4.53. The van der Waals surface area contributed by atoms with E-state index in [-0.39, 0.29) is 16.8 Å². The molecule has 2 aromatic carbocycles. The first kappa shape index (κ1) is 20.6. The lowest BCUT2D eigenvalue weighted by atomic mass is 10.1. The molecule has 0 aliphatic rings. The monoisotopic (exact) mass is 445 g/mol. The van der Waals surface area contributed by atoms with Gasteiger partial charge in [-0.1, -0.05) is 18.2 Å². The molecule has 158 valence electrons. The number of anilines is 1. The molecular weight excluding hydrogens is 431 g/mol. The maximum Gasteiger partial charge on any atom is 0.416 e. The van der Waals surface area contributed by atoms with Crippen molar-refractivity contribution >= 4 is 39.0 Å². The Morgan fingerprint density at radius 1 is 1.19 bits per heavy atom. The molecule has 10 heteroatoms. The van der Waals surface area contributed by atoms with E-state index in [0.717, 1.165) is 12.1 Å². The summed E-state index contributed by atoms with van der Waals surface area (Å²) in [6, 6.07) is 11.1. The van der Waals surface area contributed by atoms with E-state index < -0.39 is 17.6 Å². The molecule has 0 atom stereocenters. The molecule has 4 rings (SSSR count). The summed E-state index contributed by atoms with van der Waals surface area (Å²) in [5.41, 5.74) is -0.697. The van der Waals surface area contributed by atoms with E-state index in [4.69, 9.17) is 9.15 Å². The van der Waals surface area contributed by atoms with Crippen molar-refractivity contribution in [3.05, 3.63) is 76.8 Å². The van der Waals surface area contributed by atoms with Gasteiger partial charge in [-0.05, 0) is 30.3 Å². The fourth-order valence-electron chi connectivity index (χ4n) is 2.85. The molecule has 0 fully saturated rings. The Balaban J connectivity index is 1.91. The largest absolute Gasteiger partial charge is 0.493 e. The van der Waals surface area contributed by atoms with Crippen molar-refractivity contribution in [1.82, 2.24) is 4.98 Å². The molecular formula is C21H14F3N3O3S. The Bertz CT molecular complexity index is 1310. The number of aromatic nitrogens is 1. The number of thiazole rings is 1. The normalized spacial score (nSPS) is 12.2. The van der Waals surface area contributed by atoms with Crippen LogP contribution in [0, 0.1) is 0 Å². The first-order chi connectivity index (χ1) is 14.8. The molecule has 2 heterocycles. The minimum Gasteiger partial charge on any atom is -0.493 e. The number of nitrogens with zero attached hydrogens (tertiary/aromatic N) is 2. The van der Waals surface area contributed by atoms with Crippen LogP contribution in [0.15, 0.2) is 69.5 Å². The third-order valence-electron chi connectivity index (χ3n) is 4.26. The van der Waals surface area contributed by atoms with Crippen molar-refractivity contribution in [2.45, 2.75) is 6.18 Å². The number of carbonyl (C=O) groups is 1. The third kappa shape index (κ3) is 4.43. The fraction of sp³-hybridized carbons (Fsp3) is 0.0952. The first-order valence-electron chi connectivity index (χ1n) is 8.89. The highest BCUT2D eigenvalue weighted by atomic mass is 32.1. The number of methoxy groups -OCH3 is 1. The Hall–Kier alpha value is -3.66. The number of nitrogens with one attached hydrogen (secondary N) is 1. The molecule has 0 bridgehead atoms. The van der Waals surface area contributed by atoms with E-state index in [0.29, 0.717) is 21.9 Å². The van der Waals surface area contributed by atoms with E-state index in [9.17, 15) is 18.0 Å². The smallest absolute Gasteiger partial charge is 0.416 e. The summed E-state index contributed by atoms with van der Waals surface area (Å²) in [5.74, 6) is -0.168. The molecule has 0 aliphatic heterocycles. The summed E-state index contributed by atoms with van der Waals surface area (Å²) in [6.45, 7) is 0. The molecule has 6 nitrogen and oxygen atoms in total. The maximum atomic E-state index is 13.1. The summed E-state index contributed by atoms with van der Waals surface area (Å²) in [5, 5.41) is 5.25. The molecule has 1 N–H and O–H groups in total. The quantitative estimate of drug-likeness (QED) is 0.456. The molecule has 31 heavy (non-hydrogen) atoms. The van der Waals surface area contributed by atoms with Crippen molar-refractivity contribution in [3.63, 3.8) is 0 Å². The van der Waals surface area contributed by atoms with Gasteiger partial charge in [0.25, 0.3) is 5.91 Å². The number of ether oxygens (including phenoxy) is 1. The zero-order valence-electron chi connectivity index (χ0n) is 15.9. The Morgan fingerprint density at radius 2 is 2.00 bits per heavy atom. The van der Waals surface area contributed by atoms with Gasteiger partial charge in [0.2, 0.25) is 5.55 Å². The number of para-hydroxylation sites is 1. The highest BCUT2D eigenvalue weighted by Gasteiger charge is 2.30. The number of rotatable bonds is 4. The number of hydrogen-bond donors (Lipinski definition) is 1. The van der Waals surface area contributed by atoms with Crippen LogP contribution in [-0.4, -0.2) is 18.0 Å². The molecule has 0 unspecified atom stereocenters. The van der Waals surface area contributed by atoms with E-state index in [1.165, 1.54) is 42.8 Å². The molecule has 0 spiro atoms. The second-order valence-electron chi connectivity index (χ2n) is 6.30. The maximum absolute atomic E-state index is 13.1. The van der Waals surface area contributed by atoms with Crippen LogP contribution in [-0.2, 0) is 6.18 Å². The van der Waals surface area contributed by atoms with Crippen LogP contribution in [0.25, 0.3) is 11.0 Å². The van der Waals surface area contributed by atoms with Crippen molar-refractivity contribution in [3.8, 4) is 5.75 Å². The van der Waals surface area contributed by atoms with Gasteiger partial charge in [-0.15, -0.1) is 11.3 Å². The van der Waals surface area contributed by atoms with Crippen molar-refractivity contribution in [2.24, 2.45) is 4.99 Å². The molecule has 4 aromatic rings. The minimum absolute atomic E-state index is 0.0175. The van der Waals surface area contributed by atoms with Gasteiger partial charge in [-0.25, -0.2) is 9.98 Å². The number of halogens is 3. The Morgan fingerprint density at radius 3 is 2.71 bits per heavy atom. The number of benzene rings is 2. The summed E-state index contributed by atoms with van der Waals surface area (Å²) < 4.78 is 50.4. The zero-order chi connectivity index (χ0) is 22.0. The van der Waals surface area contributed by atoms with Crippen LogP contribution in [0.2, 0.25) is 0 Å². The van der Waals surface area contributed by atoms with Gasteiger partial charge in [0.1, 0.15) is 5.56 Å². The Labute approximate surface area is 177 Å². The van der Waals surface area contributed by atoms with Gasteiger partial charge in [-0.3, -0.25) is 10.1 Å². The summed E-state index contributed by atoms with van der Waals surface area (Å²) in [7, 11) is 1.46. The fourth-order valence-corrected chi connectivity index (χ4v) is 3.37. The highest BCUT2D eigenvalue weighted by Crippen LogP contribution is 2.31. The van der Waals surface area contributed by atoms with Crippen molar-refractivity contribution in [2.75, 3.05) is 12.4 Å². The first-order valence-corrected chi connectivity index (χ1v) is 9.77. The number of amides is 1. The van der Waals surface area contributed by atoms with Gasteiger partial charge in [-0.2, -0.15) is 13.2 Å². The van der Waals surface area contributed by atoms with Crippen LogP contribution < -0.4 is 15.6 Å². The topological polar surface area (TPSA) is 76.7 Å². The predicted octanol–water partition coefficient (Wildman–Crippen LogP) is 5.40. The molecule has 2 aromatic heterocycles. The van der Waals surface area contributed by atoms with Gasteiger partial charge in [0.05, 0.1) is 18.4 Å². The summed E-state index contributed by atoms with van der Waals surface area (Å²) in [4.78, 5) is 21.1. The average molecular weight is 445 g/mol. The van der Waals surface area contributed by atoms with E-state index in [2.05, 4.69) is 15.3 Å². The van der Waals surface area contributed by atoms with Gasteiger partial charge in [0.15, 0.2) is 16.5 Å². The van der Waals surface area contributed by atoms with E-state index in [1.54, 1.807) is 23.6 Å². The average Bonchev–Trinajstić information content (AvgIpc) is 3.25. The lowest BCUT2D eigenvalue weighted by molar-refractivity contribution is -0.137. The van der Waals surface area contributed by atoms with E-state index in [1.807, 2.05) is 0 Å². The summed E-state index contributed by atoms with van der Waals surface area (Å²) >= 11 is 1.22. The predicted molar refractivity (Wildman–Crippen MR) is 110 cm³/mol. The number of fused-ring (bicyclic) bond motifs is 1. The third-order valence-corrected chi connectivity index (χ3v) is 4.95. The lowest BCUT2D eigenvalue weighted by Gasteiger charge is -2.08. The van der Waals surface area contributed by atoms with Crippen molar-refractivity contribution in [1.29, 1.82) is 0 Å². The van der Waals surface area contributed by atoms with Gasteiger partial charge < -0.3 is 9.15 Å². The number of carbonyl (C=O) groups excluding carboxylic acids is 1. The summed E-state index contributed by atoms with van der Waals surface area (Å²) in [6.07, 6.45) is -3.00. The number of alkyl halides is 3. The second-order valence-corrected chi connectivity index (χ2v) is 7.19. The van der Waals surface area contributed by atoms with Crippen LogP contribution in [0.1, 0.15) is 15.9 Å². The molecule has 0 saturated heterocycles. The van der Waals surface area contributed by atoms with E-state index >= 15 is 0 Å².